The minimum atomic E-state index is -0.762. The van der Waals surface area contributed by atoms with Crippen LogP contribution in [-0.2, 0) is 11.3 Å². The molecule has 0 radical (unpaired) electrons. The van der Waals surface area contributed by atoms with Gasteiger partial charge in [-0.2, -0.15) is 0 Å². The Labute approximate surface area is 129 Å². The molecule has 0 atom stereocenters. The standard InChI is InChI=1S/C18H18N2O2/c1-13-6-4-7-14(12-13)18-19-15-8-2-3-9-16(15)20(18)11-5-10-17(21)22/h2-4,6-9,12H,5,10-11H2,1H3,(H,21,22). The van der Waals surface area contributed by atoms with Crippen LogP contribution in [0.3, 0.4) is 0 Å². The third-order valence-corrected chi connectivity index (χ3v) is 3.70. The molecule has 112 valence electrons. The molecular formula is C18H18N2O2. The van der Waals surface area contributed by atoms with E-state index in [2.05, 4.69) is 23.6 Å². The molecular weight excluding hydrogens is 276 g/mol. The van der Waals surface area contributed by atoms with E-state index >= 15 is 0 Å². The van der Waals surface area contributed by atoms with Gasteiger partial charge in [0.25, 0.3) is 0 Å². The fourth-order valence-corrected chi connectivity index (χ4v) is 2.69. The first-order valence-corrected chi connectivity index (χ1v) is 7.39. The first kappa shape index (κ1) is 14.3. The van der Waals surface area contributed by atoms with E-state index in [1.165, 1.54) is 5.56 Å². The van der Waals surface area contributed by atoms with E-state index in [1.807, 2.05) is 36.4 Å². The number of imidazole rings is 1. The molecule has 4 heteroatoms. The van der Waals surface area contributed by atoms with Gasteiger partial charge in [0.15, 0.2) is 0 Å². The smallest absolute Gasteiger partial charge is 0.303 e. The zero-order valence-corrected chi connectivity index (χ0v) is 12.5. The summed E-state index contributed by atoms with van der Waals surface area (Å²) in [7, 11) is 0. The molecule has 0 saturated carbocycles. The monoisotopic (exact) mass is 294 g/mol. The predicted molar refractivity (Wildman–Crippen MR) is 86.8 cm³/mol. The SMILES string of the molecule is Cc1cccc(-c2nc3ccccc3n2CCCC(=O)O)c1. The van der Waals surface area contributed by atoms with E-state index < -0.39 is 5.97 Å². The molecule has 0 spiro atoms. The van der Waals surface area contributed by atoms with Crippen molar-refractivity contribution in [2.45, 2.75) is 26.3 Å². The number of fused-ring (bicyclic) bond motifs is 1. The second kappa shape index (κ2) is 6.02. The Morgan fingerprint density at radius 1 is 1.18 bits per heavy atom. The van der Waals surface area contributed by atoms with E-state index in [9.17, 15) is 4.79 Å². The normalized spacial score (nSPS) is 11.0. The van der Waals surface area contributed by atoms with Gasteiger partial charge in [-0.1, -0.05) is 35.9 Å². The first-order valence-electron chi connectivity index (χ1n) is 7.39. The van der Waals surface area contributed by atoms with Crippen molar-refractivity contribution in [1.29, 1.82) is 0 Å². The number of rotatable bonds is 5. The second-order valence-corrected chi connectivity index (χ2v) is 5.44. The molecule has 0 amide bonds. The van der Waals surface area contributed by atoms with Crippen LogP contribution in [0.15, 0.2) is 48.5 Å². The van der Waals surface area contributed by atoms with Crippen molar-refractivity contribution in [2.24, 2.45) is 0 Å². The van der Waals surface area contributed by atoms with Crippen molar-refractivity contribution in [2.75, 3.05) is 0 Å². The third-order valence-electron chi connectivity index (χ3n) is 3.70. The summed E-state index contributed by atoms with van der Waals surface area (Å²) < 4.78 is 2.12. The third kappa shape index (κ3) is 2.86. The zero-order valence-electron chi connectivity index (χ0n) is 12.5. The number of aliphatic carboxylic acids is 1. The lowest BCUT2D eigenvalue weighted by molar-refractivity contribution is -0.137. The summed E-state index contributed by atoms with van der Waals surface area (Å²) in [4.78, 5) is 15.5. The Kier molecular flexibility index (Phi) is 3.92. The largest absolute Gasteiger partial charge is 0.481 e. The number of carboxylic acids is 1. The van der Waals surface area contributed by atoms with Crippen LogP contribution in [0.2, 0.25) is 0 Å². The fraction of sp³-hybridized carbons (Fsp3) is 0.222. The van der Waals surface area contributed by atoms with Crippen molar-refractivity contribution in [3.63, 3.8) is 0 Å². The van der Waals surface area contributed by atoms with Gasteiger partial charge in [0.1, 0.15) is 5.82 Å². The second-order valence-electron chi connectivity index (χ2n) is 5.44. The van der Waals surface area contributed by atoms with Gasteiger partial charge in [-0.25, -0.2) is 4.98 Å². The van der Waals surface area contributed by atoms with E-state index in [1.54, 1.807) is 0 Å². The quantitative estimate of drug-likeness (QED) is 0.777. The van der Waals surface area contributed by atoms with Crippen LogP contribution in [0, 0.1) is 6.92 Å². The molecule has 22 heavy (non-hydrogen) atoms. The molecule has 1 heterocycles. The molecule has 0 bridgehead atoms. The van der Waals surface area contributed by atoms with Gasteiger partial charge < -0.3 is 9.67 Å². The summed E-state index contributed by atoms with van der Waals surface area (Å²) in [6, 6.07) is 16.2. The Balaban J connectivity index is 2.06. The van der Waals surface area contributed by atoms with Crippen LogP contribution < -0.4 is 0 Å². The summed E-state index contributed by atoms with van der Waals surface area (Å²) in [6.45, 7) is 2.71. The van der Waals surface area contributed by atoms with E-state index in [0.717, 1.165) is 22.4 Å². The summed E-state index contributed by atoms with van der Waals surface area (Å²) in [5, 5.41) is 8.85. The molecule has 3 aromatic rings. The average Bonchev–Trinajstić information content (AvgIpc) is 2.86. The number of carbonyl (C=O) groups is 1. The van der Waals surface area contributed by atoms with Crippen molar-refractivity contribution >= 4 is 17.0 Å². The summed E-state index contributed by atoms with van der Waals surface area (Å²) in [5.41, 5.74) is 4.23. The molecule has 1 aromatic heterocycles. The number of hydrogen-bond donors (Lipinski definition) is 1. The minimum absolute atomic E-state index is 0.166. The average molecular weight is 294 g/mol. The summed E-state index contributed by atoms with van der Waals surface area (Å²) in [5.74, 6) is 0.136. The summed E-state index contributed by atoms with van der Waals surface area (Å²) in [6.07, 6.45) is 0.758. The molecule has 0 aliphatic rings. The number of carboxylic acid groups (broad SMARTS) is 1. The van der Waals surface area contributed by atoms with E-state index in [4.69, 9.17) is 10.1 Å². The van der Waals surface area contributed by atoms with Crippen LogP contribution in [-0.4, -0.2) is 20.6 Å². The van der Waals surface area contributed by atoms with Crippen molar-refractivity contribution in [1.82, 2.24) is 9.55 Å². The van der Waals surface area contributed by atoms with Gasteiger partial charge in [0, 0.05) is 18.5 Å². The van der Waals surface area contributed by atoms with Crippen LogP contribution in [0.4, 0.5) is 0 Å². The number of nitrogens with zero attached hydrogens (tertiary/aromatic N) is 2. The highest BCUT2D eigenvalue weighted by Gasteiger charge is 2.12. The molecule has 2 aromatic carbocycles. The number of hydrogen-bond acceptors (Lipinski definition) is 2. The molecule has 0 fully saturated rings. The van der Waals surface area contributed by atoms with Crippen LogP contribution in [0.25, 0.3) is 22.4 Å². The van der Waals surface area contributed by atoms with Gasteiger partial charge in [-0.05, 0) is 31.5 Å². The Morgan fingerprint density at radius 2 is 2.00 bits per heavy atom. The lowest BCUT2D eigenvalue weighted by atomic mass is 10.1. The topological polar surface area (TPSA) is 55.1 Å². The van der Waals surface area contributed by atoms with Gasteiger partial charge >= 0.3 is 5.97 Å². The Hall–Kier alpha value is -2.62. The van der Waals surface area contributed by atoms with Crippen LogP contribution in [0.5, 0.6) is 0 Å². The molecule has 0 aliphatic carbocycles. The minimum Gasteiger partial charge on any atom is -0.481 e. The molecule has 0 aliphatic heterocycles. The molecule has 3 rings (SSSR count). The highest BCUT2D eigenvalue weighted by Crippen LogP contribution is 2.25. The fourth-order valence-electron chi connectivity index (χ4n) is 2.69. The molecule has 1 N–H and O–H groups in total. The van der Waals surface area contributed by atoms with E-state index in [-0.39, 0.29) is 6.42 Å². The highest BCUT2D eigenvalue weighted by molar-refractivity contribution is 5.80. The maximum atomic E-state index is 10.8. The number of aromatic nitrogens is 2. The number of aryl methyl sites for hydroxylation is 2. The Bertz CT molecular complexity index is 821. The molecule has 0 unspecified atom stereocenters. The highest BCUT2D eigenvalue weighted by atomic mass is 16.4. The van der Waals surface area contributed by atoms with Gasteiger partial charge in [0.2, 0.25) is 0 Å². The van der Waals surface area contributed by atoms with Crippen molar-refractivity contribution in [3.8, 4) is 11.4 Å². The Morgan fingerprint density at radius 3 is 2.77 bits per heavy atom. The van der Waals surface area contributed by atoms with Gasteiger partial charge in [0.05, 0.1) is 11.0 Å². The summed E-state index contributed by atoms with van der Waals surface area (Å²) >= 11 is 0. The van der Waals surface area contributed by atoms with E-state index in [0.29, 0.717) is 13.0 Å². The number of benzene rings is 2. The number of para-hydroxylation sites is 2. The van der Waals surface area contributed by atoms with Crippen molar-refractivity contribution in [3.05, 3.63) is 54.1 Å². The maximum Gasteiger partial charge on any atom is 0.303 e. The molecule has 0 saturated heterocycles. The first-order chi connectivity index (χ1) is 10.6. The van der Waals surface area contributed by atoms with Gasteiger partial charge in [-0.15, -0.1) is 0 Å². The lowest BCUT2D eigenvalue weighted by Crippen LogP contribution is -2.04. The molecule has 4 nitrogen and oxygen atoms in total. The van der Waals surface area contributed by atoms with Gasteiger partial charge in [-0.3, -0.25) is 4.79 Å². The zero-order chi connectivity index (χ0) is 15.5. The van der Waals surface area contributed by atoms with Crippen LogP contribution in [0.1, 0.15) is 18.4 Å². The predicted octanol–water partition coefficient (Wildman–Crippen LogP) is 3.88. The maximum absolute atomic E-state index is 10.8. The van der Waals surface area contributed by atoms with Crippen molar-refractivity contribution < 1.29 is 9.90 Å². The lowest BCUT2D eigenvalue weighted by Gasteiger charge is -2.09. The van der Waals surface area contributed by atoms with Crippen LogP contribution >= 0.6 is 0 Å².